The van der Waals surface area contributed by atoms with Crippen molar-refractivity contribution >= 4 is 11.6 Å². The summed E-state index contributed by atoms with van der Waals surface area (Å²) >= 11 is 0. The van der Waals surface area contributed by atoms with Gasteiger partial charge in [0.2, 0.25) is 0 Å². The Kier molecular flexibility index (Phi) is 4.20. The van der Waals surface area contributed by atoms with Gasteiger partial charge in [-0.25, -0.2) is 4.39 Å². The van der Waals surface area contributed by atoms with Crippen LogP contribution in [0.15, 0.2) is 48.5 Å². The second-order valence-electron chi connectivity index (χ2n) is 4.18. The van der Waals surface area contributed by atoms with Gasteiger partial charge in [-0.05, 0) is 30.3 Å². The van der Waals surface area contributed by atoms with E-state index < -0.39 is 11.7 Å². The lowest BCUT2D eigenvalue weighted by atomic mass is 10.2. The number of hydrogen-bond acceptors (Lipinski definition) is 3. The Morgan fingerprint density at radius 3 is 2.50 bits per heavy atom. The second kappa shape index (κ2) is 6.06. The predicted molar refractivity (Wildman–Crippen MR) is 75.3 cm³/mol. The van der Waals surface area contributed by atoms with Gasteiger partial charge in [0.25, 0.3) is 5.91 Å². The first kappa shape index (κ1) is 13.9. The van der Waals surface area contributed by atoms with Crippen LogP contribution in [0.3, 0.4) is 0 Å². The van der Waals surface area contributed by atoms with Gasteiger partial charge in [0.05, 0.1) is 12.8 Å². The van der Waals surface area contributed by atoms with E-state index in [1.165, 1.54) is 19.2 Å². The molecule has 5 heteroatoms. The molecule has 0 heterocycles. The lowest BCUT2D eigenvalue weighted by Gasteiger charge is -2.20. The fourth-order valence-electron chi connectivity index (χ4n) is 1.74. The fourth-order valence-corrected chi connectivity index (χ4v) is 1.74. The third-order valence-corrected chi connectivity index (χ3v) is 2.83. The van der Waals surface area contributed by atoms with E-state index in [-0.39, 0.29) is 11.3 Å². The molecule has 0 spiro atoms. The molecular formula is C15H15FN2O2. The van der Waals surface area contributed by atoms with E-state index in [0.717, 1.165) is 11.8 Å². The van der Waals surface area contributed by atoms with Crippen LogP contribution in [0.2, 0.25) is 0 Å². The molecule has 2 aromatic rings. The highest BCUT2D eigenvalue weighted by atomic mass is 19.1. The number of hydrazine groups is 1. The van der Waals surface area contributed by atoms with E-state index in [1.54, 1.807) is 12.1 Å². The molecule has 0 aliphatic rings. The fraction of sp³-hybridized carbons (Fsp3) is 0.133. The standard InChI is InChI=1S/C15H15FN2O2/c1-18(12-6-4-3-5-7-12)17-15(19)11-8-9-14(20-2)13(16)10-11/h3-10H,1-2H3,(H,17,19). The molecule has 1 amide bonds. The molecule has 104 valence electrons. The smallest absolute Gasteiger partial charge is 0.269 e. The van der Waals surface area contributed by atoms with Gasteiger partial charge in [-0.3, -0.25) is 15.2 Å². The van der Waals surface area contributed by atoms with E-state index >= 15 is 0 Å². The zero-order chi connectivity index (χ0) is 14.5. The minimum atomic E-state index is -0.567. The van der Waals surface area contributed by atoms with Crippen molar-refractivity contribution in [2.45, 2.75) is 0 Å². The SMILES string of the molecule is COc1ccc(C(=O)NN(C)c2ccccc2)cc1F. The number of benzene rings is 2. The molecule has 0 fully saturated rings. The average Bonchev–Trinajstić information content (AvgIpc) is 2.48. The van der Waals surface area contributed by atoms with Gasteiger partial charge in [0.15, 0.2) is 11.6 Å². The zero-order valence-corrected chi connectivity index (χ0v) is 11.3. The first-order valence-electron chi connectivity index (χ1n) is 6.05. The maximum atomic E-state index is 13.6. The first-order valence-corrected chi connectivity index (χ1v) is 6.05. The van der Waals surface area contributed by atoms with Crippen LogP contribution in [-0.2, 0) is 0 Å². The van der Waals surface area contributed by atoms with E-state index in [4.69, 9.17) is 4.74 Å². The number of methoxy groups -OCH3 is 1. The van der Waals surface area contributed by atoms with Crippen molar-refractivity contribution in [3.63, 3.8) is 0 Å². The van der Waals surface area contributed by atoms with Crippen molar-refractivity contribution in [2.75, 3.05) is 19.2 Å². The highest BCUT2D eigenvalue weighted by Gasteiger charge is 2.11. The Bertz CT molecular complexity index is 602. The monoisotopic (exact) mass is 274 g/mol. The predicted octanol–water partition coefficient (Wildman–Crippen LogP) is 2.62. The summed E-state index contributed by atoms with van der Waals surface area (Å²) in [5.41, 5.74) is 3.72. The zero-order valence-electron chi connectivity index (χ0n) is 11.3. The van der Waals surface area contributed by atoms with Crippen molar-refractivity contribution in [2.24, 2.45) is 0 Å². The van der Waals surface area contributed by atoms with Crippen LogP contribution in [0.4, 0.5) is 10.1 Å². The average molecular weight is 274 g/mol. The minimum Gasteiger partial charge on any atom is -0.494 e. The Morgan fingerprint density at radius 2 is 1.90 bits per heavy atom. The number of anilines is 1. The van der Waals surface area contributed by atoms with Gasteiger partial charge >= 0.3 is 0 Å². The van der Waals surface area contributed by atoms with Crippen molar-refractivity contribution in [3.05, 3.63) is 59.9 Å². The molecule has 1 N–H and O–H groups in total. The number of halogens is 1. The number of carbonyl (C=O) groups is 1. The molecule has 0 atom stereocenters. The van der Waals surface area contributed by atoms with Crippen LogP contribution in [0.25, 0.3) is 0 Å². The molecule has 0 aliphatic heterocycles. The molecule has 0 saturated heterocycles. The van der Waals surface area contributed by atoms with Gasteiger partial charge in [-0.2, -0.15) is 0 Å². The van der Waals surface area contributed by atoms with Crippen LogP contribution in [0.5, 0.6) is 5.75 Å². The minimum absolute atomic E-state index is 0.109. The summed E-state index contributed by atoms with van der Waals surface area (Å²) in [6, 6.07) is 13.4. The summed E-state index contributed by atoms with van der Waals surface area (Å²) in [4.78, 5) is 12.0. The summed E-state index contributed by atoms with van der Waals surface area (Å²) in [5.74, 6) is -0.849. The van der Waals surface area contributed by atoms with Gasteiger partial charge in [0.1, 0.15) is 0 Å². The van der Waals surface area contributed by atoms with E-state index in [9.17, 15) is 9.18 Å². The molecule has 0 radical (unpaired) electrons. The highest BCUT2D eigenvalue weighted by molar-refractivity contribution is 5.95. The van der Waals surface area contributed by atoms with Crippen molar-refractivity contribution in [1.82, 2.24) is 5.43 Å². The highest BCUT2D eigenvalue weighted by Crippen LogP contribution is 2.18. The quantitative estimate of drug-likeness (QED) is 0.871. The molecule has 0 aliphatic carbocycles. The van der Waals surface area contributed by atoms with E-state index in [0.29, 0.717) is 0 Å². The Balaban J connectivity index is 2.10. The topological polar surface area (TPSA) is 41.6 Å². The molecule has 0 unspecified atom stereocenters. The summed E-state index contributed by atoms with van der Waals surface area (Å²) in [6.45, 7) is 0. The third kappa shape index (κ3) is 3.06. The third-order valence-electron chi connectivity index (χ3n) is 2.83. The molecule has 0 aromatic heterocycles. The lowest BCUT2D eigenvalue weighted by Crippen LogP contribution is -2.39. The van der Waals surface area contributed by atoms with Crippen LogP contribution in [-0.4, -0.2) is 20.1 Å². The first-order chi connectivity index (χ1) is 9.61. The summed E-state index contributed by atoms with van der Waals surface area (Å²) in [6.07, 6.45) is 0. The molecule has 4 nitrogen and oxygen atoms in total. The van der Waals surface area contributed by atoms with Gasteiger partial charge in [0, 0.05) is 12.6 Å². The molecule has 0 saturated carbocycles. The van der Waals surface area contributed by atoms with Crippen LogP contribution in [0, 0.1) is 5.82 Å². The van der Waals surface area contributed by atoms with Crippen molar-refractivity contribution in [1.29, 1.82) is 0 Å². The van der Waals surface area contributed by atoms with E-state index in [1.807, 2.05) is 30.3 Å². The number of hydrogen-bond donors (Lipinski definition) is 1. The lowest BCUT2D eigenvalue weighted by molar-refractivity contribution is 0.0951. The van der Waals surface area contributed by atoms with Crippen LogP contribution in [0.1, 0.15) is 10.4 Å². The number of rotatable bonds is 4. The molecule has 2 rings (SSSR count). The summed E-state index contributed by atoms with van der Waals surface area (Å²) in [7, 11) is 3.09. The summed E-state index contributed by atoms with van der Waals surface area (Å²) in [5, 5.41) is 1.57. The van der Waals surface area contributed by atoms with Gasteiger partial charge in [-0.15, -0.1) is 0 Å². The molecular weight excluding hydrogens is 259 g/mol. The van der Waals surface area contributed by atoms with Crippen LogP contribution >= 0.6 is 0 Å². The molecule has 2 aromatic carbocycles. The number of carbonyl (C=O) groups excluding carboxylic acids is 1. The Hall–Kier alpha value is -2.56. The maximum absolute atomic E-state index is 13.6. The largest absolute Gasteiger partial charge is 0.494 e. The van der Waals surface area contributed by atoms with Gasteiger partial charge in [-0.1, -0.05) is 18.2 Å². The normalized spacial score (nSPS) is 9.95. The van der Waals surface area contributed by atoms with Crippen LogP contribution < -0.4 is 15.2 Å². The second-order valence-corrected chi connectivity index (χ2v) is 4.18. The Labute approximate surface area is 116 Å². The number of nitrogens with zero attached hydrogens (tertiary/aromatic N) is 1. The van der Waals surface area contributed by atoms with Crippen molar-refractivity contribution in [3.8, 4) is 5.75 Å². The number of amides is 1. The molecule has 0 bridgehead atoms. The number of para-hydroxylation sites is 1. The van der Waals surface area contributed by atoms with Gasteiger partial charge < -0.3 is 4.74 Å². The number of nitrogens with one attached hydrogen (secondary N) is 1. The molecule has 20 heavy (non-hydrogen) atoms. The van der Waals surface area contributed by atoms with Crippen molar-refractivity contribution < 1.29 is 13.9 Å². The summed E-state index contributed by atoms with van der Waals surface area (Å²) < 4.78 is 18.4. The van der Waals surface area contributed by atoms with E-state index in [2.05, 4.69) is 5.43 Å². The Morgan fingerprint density at radius 1 is 1.20 bits per heavy atom. The maximum Gasteiger partial charge on any atom is 0.269 e. The number of ether oxygens (including phenoxy) is 1.